The fourth-order valence-corrected chi connectivity index (χ4v) is 4.82. The minimum Gasteiger partial charge on any atom is -0.374 e. The molecule has 2 aromatic carbocycles. The number of imidazole rings is 1. The van der Waals surface area contributed by atoms with Crippen molar-refractivity contribution in [1.29, 1.82) is 5.26 Å². The van der Waals surface area contributed by atoms with Gasteiger partial charge in [0.15, 0.2) is 0 Å². The van der Waals surface area contributed by atoms with E-state index in [1.54, 1.807) is 29.4 Å². The van der Waals surface area contributed by atoms with Gasteiger partial charge in [0.1, 0.15) is 6.23 Å². The number of aliphatic hydroxyl groups excluding tert-OH is 1. The summed E-state index contributed by atoms with van der Waals surface area (Å²) in [5.41, 5.74) is 5.05. The molecule has 3 heterocycles. The summed E-state index contributed by atoms with van der Waals surface area (Å²) in [5.74, 6) is -0.666. The molecule has 8 nitrogen and oxygen atoms in total. The molecule has 166 valence electrons. The van der Waals surface area contributed by atoms with Gasteiger partial charge in [-0.15, -0.1) is 0 Å². The largest absolute Gasteiger partial charge is 0.374 e. The molecule has 2 aliphatic rings. The summed E-state index contributed by atoms with van der Waals surface area (Å²) in [4.78, 5) is 30.1. The Kier molecular flexibility index (Phi) is 5.25. The van der Waals surface area contributed by atoms with Gasteiger partial charge in [-0.25, -0.2) is 4.98 Å². The number of carbonyl (C=O) groups excluding carboxylic acids is 2. The third-order valence-corrected chi connectivity index (χ3v) is 6.50. The Morgan fingerprint density at radius 3 is 2.82 bits per heavy atom. The van der Waals surface area contributed by atoms with Gasteiger partial charge in [-0.2, -0.15) is 5.26 Å². The van der Waals surface area contributed by atoms with Crippen LogP contribution in [0.1, 0.15) is 35.8 Å². The summed E-state index contributed by atoms with van der Waals surface area (Å²) < 4.78 is 1.85. The lowest BCUT2D eigenvalue weighted by Gasteiger charge is -2.31. The molecule has 0 saturated carbocycles. The third kappa shape index (κ3) is 3.60. The SMILES string of the molecule is Cn1cnc(-c2ccc3c(c2)CN(C2CCC(=O)NC2=O)C3O)c1-c1cc(Cl)ccc1C#N. The smallest absolute Gasteiger partial charge is 0.244 e. The summed E-state index contributed by atoms with van der Waals surface area (Å²) in [6, 6.07) is 12.4. The van der Waals surface area contributed by atoms with E-state index in [4.69, 9.17) is 11.6 Å². The number of nitrogens with zero attached hydrogens (tertiary/aromatic N) is 4. The Balaban J connectivity index is 1.52. The van der Waals surface area contributed by atoms with Gasteiger partial charge in [0.25, 0.3) is 0 Å². The van der Waals surface area contributed by atoms with Crippen molar-refractivity contribution < 1.29 is 14.7 Å². The summed E-state index contributed by atoms with van der Waals surface area (Å²) in [7, 11) is 1.86. The van der Waals surface area contributed by atoms with Crippen LogP contribution in [0, 0.1) is 11.3 Å². The topological polar surface area (TPSA) is 111 Å². The quantitative estimate of drug-likeness (QED) is 0.580. The van der Waals surface area contributed by atoms with E-state index in [9.17, 15) is 20.0 Å². The molecule has 0 aliphatic carbocycles. The predicted molar refractivity (Wildman–Crippen MR) is 120 cm³/mol. The number of imide groups is 1. The number of aliphatic hydroxyl groups is 1. The predicted octanol–water partition coefficient (Wildman–Crippen LogP) is 2.89. The third-order valence-electron chi connectivity index (χ3n) is 6.27. The molecule has 9 heteroatoms. The van der Waals surface area contributed by atoms with Gasteiger partial charge < -0.3 is 9.67 Å². The Hall–Kier alpha value is -3.51. The fraction of sp³-hybridized carbons (Fsp3) is 0.250. The molecule has 2 unspecified atom stereocenters. The molecule has 2 aliphatic heterocycles. The number of nitrogens with one attached hydrogen (secondary N) is 1. The Morgan fingerprint density at radius 2 is 2.06 bits per heavy atom. The molecular weight excluding hydrogens is 442 g/mol. The second kappa shape index (κ2) is 8.12. The highest BCUT2D eigenvalue weighted by atomic mass is 35.5. The van der Waals surface area contributed by atoms with Crippen molar-refractivity contribution in [3.63, 3.8) is 0 Å². The number of carbonyl (C=O) groups is 2. The molecule has 2 N–H and O–H groups in total. The molecular formula is C24H20ClN5O3. The minimum absolute atomic E-state index is 0.249. The molecule has 0 radical (unpaired) electrons. The maximum atomic E-state index is 12.3. The first-order valence-electron chi connectivity index (χ1n) is 10.5. The Morgan fingerprint density at radius 1 is 1.24 bits per heavy atom. The van der Waals surface area contributed by atoms with Crippen molar-refractivity contribution in [2.24, 2.45) is 7.05 Å². The van der Waals surface area contributed by atoms with Crippen molar-refractivity contribution in [1.82, 2.24) is 19.8 Å². The number of nitriles is 1. The number of aryl methyl sites for hydroxylation is 1. The molecule has 33 heavy (non-hydrogen) atoms. The second-order valence-corrected chi connectivity index (χ2v) is 8.72. The van der Waals surface area contributed by atoms with E-state index in [-0.39, 0.29) is 18.2 Å². The van der Waals surface area contributed by atoms with Gasteiger partial charge in [0.05, 0.1) is 35.4 Å². The van der Waals surface area contributed by atoms with Crippen LogP contribution in [-0.4, -0.2) is 37.4 Å². The number of rotatable bonds is 3. The van der Waals surface area contributed by atoms with E-state index < -0.39 is 12.3 Å². The number of hydrogen-bond acceptors (Lipinski definition) is 6. The molecule has 0 spiro atoms. The molecule has 5 rings (SSSR count). The molecule has 0 bridgehead atoms. The van der Waals surface area contributed by atoms with Gasteiger partial charge in [-0.1, -0.05) is 23.7 Å². The Labute approximate surface area is 195 Å². The highest BCUT2D eigenvalue weighted by molar-refractivity contribution is 6.31. The van der Waals surface area contributed by atoms with E-state index in [1.807, 2.05) is 29.8 Å². The average Bonchev–Trinajstić information content (AvgIpc) is 3.33. The van der Waals surface area contributed by atoms with Gasteiger partial charge in [0.2, 0.25) is 11.8 Å². The fourth-order valence-electron chi connectivity index (χ4n) is 4.65. The lowest BCUT2D eigenvalue weighted by molar-refractivity contribution is -0.141. The first-order valence-corrected chi connectivity index (χ1v) is 10.9. The number of fused-ring (bicyclic) bond motifs is 1. The molecule has 1 aromatic heterocycles. The van der Waals surface area contributed by atoms with Crippen LogP contribution >= 0.6 is 11.6 Å². The lowest BCUT2D eigenvalue weighted by Crippen LogP contribution is -2.51. The zero-order valence-corrected chi connectivity index (χ0v) is 18.5. The summed E-state index contributed by atoms with van der Waals surface area (Å²) in [6.07, 6.45) is 1.38. The second-order valence-electron chi connectivity index (χ2n) is 8.28. The van der Waals surface area contributed by atoms with Crippen LogP contribution in [-0.2, 0) is 23.2 Å². The molecule has 2 atom stereocenters. The van der Waals surface area contributed by atoms with Crippen LogP contribution in [0.25, 0.3) is 22.5 Å². The molecule has 1 saturated heterocycles. The van der Waals surface area contributed by atoms with Gasteiger partial charge in [0, 0.05) is 36.2 Å². The summed E-state index contributed by atoms with van der Waals surface area (Å²) in [5, 5.41) is 23.3. The van der Waals surface area contributed by atoms with Crippen molar-refractivity contribution in [2.45, 2.75) is 31.7 Å². The highest BCUT2D eigenvalue weighted by Crippen LogP contribution is 2.39. The van der Waals surface area contributed by atoms with Crippen LogP contribution in [0.4, 0.5) is 0 Å². The maximum absolute atomic E-state index is 12.3. The number of benzene rings is 2. The monoisotopic (exact) mass is 461 g/mol. The zero-order chi connectivity index (χ0) is 23.3. The number of amides is 2. The average molecular weight is 462 g/mol. The minimum atomic E-state index is -0.931. The molecule has 2 amide bonds. The first-order chi connectivity index (χ1) is 15.9. The van der Waals surface area contributed by atoms with Crippen LogP contribution in [0.3, 0.4) is 0 Å². The van der Waals surface area contributed by atoms with Gasteiger partial charge in [-0.05, 0) is 41.8 Å². The van der Waals surface area contributed by atoms with Crippen LogP contribution in [0.5, 0.6) is 0 Å². The molecule has 1 fully saturated rings. The summed E-state index contributed by atoms with van der Waals surface area (Å²) >= 11 is 6.22. The van der Waals surface area contributed by atoms with Gasteiger partial charge >= 0.3 is 0 Å². The Bertz CT molecular complexity index is 1340. The van der Waals surface area contributed by atoms with E-state index in [2.05, 4.69) is 16.4 Å². The van der Waals surface area contributed by atoms with E-state index in [0.29, 0.717) is 34.8 Å². The van der Waals surface area contributed by atoms with Gasteiger partial charge in [-0.3, -0.25) is 19.8 Å². The van der Waals surface area contributed by atoms with E-state index in [0.717, 1.165) is 22.4 Å². The number of piperidine rings is 1. The van der Waals surface area contributed by atoms with Crippen molar-refractivity contribution in [2.75, 3.05) is 0 Å². The summed E-state index contributed by atoms with van der Waals surface area (Å²) in [6.45, 7) is 0.374. The normalized spacial score (nSPS) is 20.4. The van der Waals surface area contributed by atoms with Crippen molar-refractivity contribution in [3.8, 4) is 28.6 Å². The maximum Gasteiger partial charge on any atom is 0.244 e. The molecule has 3 aromatic rings. The number of aromatic nitrogens is 2. The van der Waals surface area contributed by atoms with Crippen LogP contribution in [0.15, 0.2) is 42.7 Å². The van der Waals surface area contributed by atoms with Crippen molar-refractivity contribution in [3.05, 3.63) is 64.4 Å². The zero-order valence-electron chi connectivity index (χ0n) is 17.7. The lowest BCUT2D eigenvalue weighted by atomic mass is 9.98. The standard InChI is InChI=1S/C24H20ClN5O3/c1-29-12-27-21(22(29)18-9-16(25)4-2-14(18)10-26)13-3-5-17-15(8-13)11-30(24(17)33)19-6-7-20(31)28-23(19)32/h2-5,8-9,12,19,24,33H,6-7,11H2,1H3,(H,28,31,32). The number of halogens is 1. The highest BCUT2D eigenvalue weighted by Gasteiger charge is 2.39. The van der Waals surface area contributed by atoms with Crippen LogP contribution in [0.2, 0.25) is 5.02 Å². The van der Waals surface area contributed by atoms with Crippen LogP contribution < -0.4 is 5.32 Å². The van der Waals surface area contributed by atoms with Crippen molar-refractivity contribution >= 4 is 23.4 Å². The first kappa shape index (κ1) is 21.3. The van der Waals surface area contributed by atoms with E-state index in [1.165, 1.54) is 0 Å². The van der Waals surface area contributed by atoms with E-state index >= 15 is 0 Å². The number of hydrogen-bond donors (Lipinski definition) is 2.